The van der Waals surface area contributed by atoms with E-state index in [9.17, 15) is 0 Å². The van der Waals surface area contributed by atoms with Crippen LogP contribution in [0.2, 0.25) is 0 Å². The van der Waals surface area contributed by atoms with E-state index >= 15 is 0 Å². The van der Waals surface area contributed by atoms with E-state index in [4.69, 9.17) is 0 Å². The van der Waals surface area contributed by atoms with Crippen molar-refractivity contribution < 1.29 is 0 Å². The molecule has 0 atom stereocenters. The molecule has 0 amide bonds. The lowest BCUT2D eigenvalue weighted by Gasteiger charge is -1.89. The molecule has 54 valence electrons. The van der Waals surface area contributed by atoms with Crippen LogP contribution in [0.1, 0.15) is 0 Å². The molecule has 0 aliphatic rings. The lowest BCUT2D eigenvalue weighted by Crippen LogP contribution is -1.84. The SMILES string of the molecule is c1csc(-c2cncnn2)c1. The summed E-state index contributed by atoms with van der Waals surface area (Å²) in [4.78, 5) is 4.98. The number of hydrogen-bond acceptors (Lipinski definition) is 4. The van der Waals surface area contributed by atoms with E-state index in [0.29, 0.717) is 0 Å². The molecule has 2 aromatic heterocycles. The standard InChI is InChI=1S/C7H5N3S/c1-2-7(11-3-1)6-4-8-5-9-10-6/h1-5H. The van der Waals surface area contributed by atoms with Crippen molar-refractivity contribution in [3.05, 3.63) is 30.0 Å². The van der Waals surface area contributed by atoms with Gasteiger partial charge in [0.15, 0.2) is 0 Å². The van der Waals surface area contributed by atoms with Gasteiger partial charge in [-0.3, -0.25) is 0 Å². The highest BCUT2D eigenvalue weighted by Crippen LogP contribution is 2.20. The zero-order chi connectivity index (χ0) is 7.52. The van der Waals surface area contributed by atoms with E-state index in [2.05, 4.69) is 15.2 Å². The Balaban J connectivity index is 2.46. The summed E-state index contributed by atoms with van der Waals surface area (Å²) in [7, 11) is 0. The van der Waals surface area contributed by atoms with Crippen molar-refractivity contribution in [3.63, 3.8) is 0 Å². The van der Waals surface area contributed by atoms with Crippen molar-refractivity contribution in [1.82, 2.24) is 15.2 Å². The molecule has 0 saturated carbocycles. The van der Waals surface area contributed by atoms with E-state index in [1.54, 1.807) is 17.5 Å². The summed E-state index contributed by atoms with van der Waals surface area (Å²) in [5.74, 6) is 0. The zero-order valence-electron chi connectivity index (χ0n) is 5.64. The highest BCUT2D eigenvalue weighted by molar-refractivity contribution is 7.13. The van der Waals surface area contributed by atoms with Crippen molar-refractivity contribution in [3.8, 4) is 10.6 Å². The fourth-order valence-corrected chi connectivity index (χ4v) is 1.46. The molecule has 4 heteroatoms. The summed E-state index contributed by atoms with van der Waals surface area (Å²) >= 11 is 1.63. The molecule has 2 heterocycles. The van der Waals surface area contributed by atoms with Gasteiger partial charge < -0.3 is 0 Å². The first-order valence-corrected chi connectivity index (χ1v) is 4.01. The number of aromatic nitrogens is 3. The Bertz CT molecular complexity index is 317. The quantitative estimate of drug-likeness (QED) is 0.641. The van der Waals surface area contributed by atoms with Crippen LogP contribution in [0.15, 0.2) is 30.0 Å². The van der Waals surface area contributed by atoms with Crippen LogP contribution in [-0.4, -0.2) is 15.2 Å². The molecule has 3 nitrogen and oxygen atoms in total. The molecule has 0 aliphatic heterocycles. The third-order valence-electron chi connectivity index (χ3n) is 1.25. The largest absolute Gasteiger partial charge is 0.241 e. The van der Waals surface area contributed by atoms with Gasteiger partial charge in [-0.2, -0.15) is 0 Å². The van der Waals surface area contributed by atoms with Crippen molar-refractivity contribution in [2.75, 3.05) is 0 Å². The first-order valence-electron chi connectivity index (χ1n) is 3.13. The molecule has 2 aromatic rings. The van der Waals surface area contributed by atoms with Crippen LogP contribution in [0.3, 0.4) is 0 Å². The molecule has 0 aliphatic carbocycles. The molecule has 0 saturated heterocycles. The van der Waals surface area contributed by atoms with Gasteiger partial charge in [0.1, 0.15) is 12.0 Å². The molecule has 0 aromatic carbocycles. The van der Waals surface area contributed by atoms with Gasteiger partial charge in [0.05, 0.1) is 11.1 Å². The fourth-order valence-electron chi connectivity index (χ4n) is 0.785. The average molecular weight is 163 g/mol. The predicted molar refractivity (Wildman–Crippen MR) is 43.1 cm³/mol. The topological polar surface area (TPSA) is 38.7 Å². The maximum absolute atomic E-state index is 3.92. The lowest BCUT2D eigenvalue weighted by atomic mass is 10.4. The van der Waals surface area contributed by atoms with Crippen molar-refractivity contribution >= 4 is 11.3 Å². The monoisotopic (exact) mass is 163 g/mol. The maximum Gasteiger partial charge on any atom is 0.138 e. The molecule has 0 radical (unpaired) electrons. The first-order chi connectivity index (χ1) is 5.47. The molecule has 2 rings (SSSR count). The number of nitrogens with zero attached hydrogens (tertiary/aromatic N) is 3. The highest BCUT2D eigenvalue weighted by Gasteiger charge is 1.97. The maximum atomic E-state index is 3.92. The second kappa shape index (κ2) is 2.75. The van der Waals surface area contributed by atoms with E-state index < -0.39 is 0 Å². The van der Waals surface area contributed by atoms with E-state index in [1.165, 1.54) is 6.33 Å². The van der Waals surface area contributed by atoms with Crippen LogP contribution in [-0.2, 0) is 0 Å². The zero-order valence-corrected chi connectivity index (χ0v) is 6.45. The molecule has 11 heavy (non-hydrogen) atoms. The van der Waals surface area contributed by atoms with Gasteiger partial charge in [0.2, 0.25) is 0 Å². The Labute approximate surface area is 67.8 Å². The average Bonchev–Trinajstić information content (AvgIpc) is 2.58. The first kappa shape index (κ1) is 6.42. The van der Waals surface area contributed by atoms with Crippen LogP contribution in [0.4, 0.5) is 0 Å². The van der Waals surface area contributed by atoms with Crippen molar-refractivity contribution in [2.24, 2.45) is 0 Å². The van der Waals surface area contributed by atoms with Crippen LogP contribution in [0.5, 0.6) is 0 Å². The minimum absolute atomic E-state index is 0.836. The lowest BCUT2D eigenvalue weighted by molar-refractivity contribution is 0.979. The minimum atomic E-state index is 0.836. The van der Waals surface area contributed by atoms with E-state index in [1.807, 2.05) is 17.5 Å². The van der Waals surface area contributed by atoms with Gasteiger partial charge in [-0.25, -0.2) is 4.98 Å². The Hall–Kier alpha value is -1.29. The fraction of sp³-hybridized carbons (Fsp3) is 0. The summed E-state index contributed by atoms with van der Waals surface area (Å²) in [6.07, 6.45) is 3.13. The Kier molecular flexibility index (Phi) is 1.61. The Morgan fingerprint density at radius 3 is 3.00 bits per heavy atom. The summed E-state index contributed by atoms with van der Waals surface area (Å²) in [5, 5.41) is 9.61. The van der Waals surface area contributed by atoms with Gasteiger partial charge in [-0.05, 0) is 11.4 Å². The minimum Gasteiger partial charge on any atom is -0.241 e. The molecular formula is C7H5N3S. The number of thiophene rings is 1. The predicted octanol–water partition coefficient (Wildman–Crippen LogP) is 1.60. The second-order valence-electron chi connectivity index (χ2n) is 1.97. The van der Waals surface area contributed by atoms with Gasteiger partial charge in [0, 0.05) is 0 Å². The molecule has 0 unspecified atom stereocenters. The Morgan fingerprint density at radius 1 is 1.36 bits per heavy atom. The second-order valence-corrected chi connectivity index (χ2v) is 2.92. The number of rotatable bonds is 1. The smallest absolute Gasteiger partial charge is 0.138 e. The van der Waals surface area contributed by atoms with Crippen molar-refractivity contribution in [2.45, 2.75) is 0 Å². The Morgan fingerprint density at radius 2 is 2.36 bits per heavy atom. The van der Waals surface area contributed by atoms with Crippen LogP contribution in [0, 0.1) is 0 Å². The molecule has 0 spiro atoms. The van der Waals surface area contributed by atoms with Crippen molar-refractivity contribution in [1.29, 1.82) is 0 Å². The van der Waals surface area contributed by atoms with Crippen LogP contribution < -0.4 is 0 Å². The normalized spacial score (nSPS) is 9.82. The van der Waals surface area contributed by atoms with Gasteiger partial charge in [-0.15, -0.1) is 21.5 Å². The number of hydrogen-bond donors (Lipinski definition) is 0. The third kappa shape index (κ3) is 1.25. The molecule has 0 bridgehead atoms. The highest BCUT2D eigenvalue weighted by atomic mass is 32.1. The van der Waals surface area contributed by atoms with Gasteiger partial charge in [-0.1, -0.05) is 6.07 Å². The molecule has 0 fully saturated rings. The van der Waals surface area contributed by atoms with E-state index in [0.717, 1.165) is 10.6 Å². The van der Waals surface area contributed by atoms with Gasteiger partial charge in [0.25, 0.3) is 0 Å². The molecular weight excluding hydrogens is 158 g/mol. The third-order valence-corrected chi connectivity index (χ3v) is 2.15. The van der Waals surface area contributed by atoms with Gasteiger partial charge >= 0.3 is 0 Å². The summed E-state index contributed by atoms with van der Waals surface area (Å²) < 4.78 is 0. The summed E-state index contributed by atoms with van der Waals surface area (Å²) in [6.45, 7) is 0. The van der Waals surface area contributed by atoms with Crippen LogP contribution >= 0.6 is 11.3 Å². The summed E-state index contributed by atoms with van der Waals surface area (Å²) in [6, 6.07) is 3.98. The van der Waals surface area contributed by atoms with E-state index in [-0.39, 0.29) is 0 Å². The molecule has 0 N–H and O–H groups in total. The van der Waals surface area contributed by atoms with Crippen LogP contribution in [0.25, 0.3) is 10.6 Å². The summed E-state index contributed by atoms with van der Waals surface area (Å²) in [5.41, 5.74) is 0.836.